The van der Waals surface area contributed by atoms with Crippen molar-refractivity contribution in [2.75, 3.05) is 38.0 Å². The minimum atomic E-state index is -0.432. The number of ether oxygens (including phenoxy) is 2. The van der Waals surface area contributed by atoms with Crippen molar-refractivity contribution in [2.45, 2.75) is 32.7 Å². The van der Waals surface area contributed by atoms with Gasteiger partial charge in [0.2, 0.25) is 0 Å². The molecule has 118 valence electrons. The Bertz CT molecular complexity index is 461. The summed E-state index contributed by atoms with van der Waals surface area (Å²) in [5.74, 6) is 0.167. The monoisotopic (exact) mass is 295 g/mol. The van der Waals surface area contributed by atoms with Crippen LogP contribution in [0.15, 0.2) is 12.3 Å². The fourth-order valence-electron chi connectivity index (χ4n) is 2.34. The highest BCUT2D eigenvalue weighted by Crippen LogP contribution is 2.24. The van der Waals surface area contributed by atoms with Crippen molar-refractivity contribution in [3.63, 3.8) is 0 Å². The molecule has 1 heterocycles. The summed E-state index contributed by atoms with van der Waals surface area (Å²) in [4.78, 5) is 18.4. The summed E-state index contributed by atoms with van der Waals surface area (Å²) >= 11 is 0. The van der Waals surface area contributed by atoms with Crippen LogP contribution in [0.3, 0.4) is 0 Å². The van der Waals surface area contributed by atoms with Gasteiger partial charge in [-0.15, -0.1) is 0 Å². The molecular weight excluding hydrogens is 270 g/mol. The lowest BCUT2D eigenvalue weighted by Gasteiger charge is -2.32. The highest BCUT2D eigenvalue weighted by molar-refractivity contribution is 5.95. The van der Waals surface area contributed by atoms with Crippen molar-refractivity contribution >= 4 is 17.5 Å². The molecule has 0 aliphatic rings. The van der Waals surface area contributed by atoms with Crippen LogP contribution in [0.5, 0.6) is 0 Å². The Hall–Kier alpha value is -1.82. The lowest BCUT2D eigenvalue weighted by Crippen LogP contribution is -2.38. The van der Waals surface area contributed by atoms with E-state index in [1.807, 2.05) is 0 Å². The van der Waals surface area contributed by atoms with Gasteiger partial charge in [0.05, 0.1) is 25.6 Å². The van der Waals surface area contributed by atoms with Gasteiger partial charge in [0.15, 0.2) is 0 Å². The van der Waals surface area contributed by atoms with Crippen LogP contribution >= 0.6 is 0 Å². The molecule has 1 aromatic heterocycles. The van der Waals surface area contributed by atoms with Gasteiger partial charge in [0.1, 0.15) is 11.4 Å². The Morgan fingerprint density at radius 3 is 2.57 bits per heavy atom. The Kier molecular flexibility index (Phi) is 6.94. The summed E-state index contributed by atoms with van der Waals surface area (Å²) in [5, 5.41) is 0. The zero-order valence-corrected chi connectivity index (χ0v) is 13.3. The lowest BCUT2D eigenvalue weighted by atomic mass is 10.1. The summed E-state index contributed by atoms with van der Waals surface area (Å²) in [7, 11) is 3.01. The molecule has 0 fully saturated rings. The van der Waals surface area contributed by atoms with Crippen molar-refractivity contribution in [3.8, 4) is 0 Å². The Balaban J connectivity index is 3.25. The summed E-state index contributed by atoms with van der Waals surface area (Å²) in [6, 6.07) is 1.88. The molecule has 0 unspecified atom stereocenters. The largest absolute Gasteiger partial charge is 0.465 e. The number of aromatic nitrogens is 1. The third-order valence-corrected chi connectivity index (χ3v) is 3.48. The highest BCUT2D eigenvalue weighted by atomic mass is 16.5. The lowest BCUT2D eigenvalue weighted by molar-refractivity contribution is 0.0600. The van der Waals surface area contributed by atoms with Gasteiger partial charge < -0.3 is 20.1 Å². The average molecular weight is 295 g/mol. The number of carbonyl (C=O) groups is 1. The van der Waals surface area contributed by atoms with Crippen LogP contribution < -0.4 is 10.6 Å². The minimum Gasteiger partial charge on any atom is -0.465 e. The Morgan fingerprint density at radius 2 is 2.05 bits per heavy atom. The van der Waals surface area contributed by atoms with Crippen molar-refractivity contribution in [1.82, 2.24) is 4.98 Å². The van der Waals surface area contributed by atoms with Crippen molar-refractivity contribution < 1.29 is 14.3 Å². The third kappa shape index (κ3) is 4.32. The maximum Gasteiger partial charge on any atom is 0.341 e. The third-order valence-electron chi connectivity index (χ3n) is 3.48. The number of esters is 1. The second-order valence-electron chi connectivity index (χ2n) is 4.79. The Morgan fingerprint density at radius 1 is 1.38 bits per heavy atom. The van der Waals surface area contributed by atoms with Gasteiger partial charge in [-0.1, -0.05) is 13.8 Å². The SMILES string of the molecule is CCC(CC)N(CCOC)c1ncc(N)cc1C(=O)OC. The van der Waals surface area contributed by atoms with E-state index < -0.39 is 5.97 Å². The average Bonchev–Trinajstić information content (AvgIpc) is 2.51. The van der Waals surface area contributed by atoms with E-state index in [4.69, 9.17) is 15.2 Å². The summed E-state index contributed by atoms with van der Waals surface area (Å²) in [5.41, 5.74) is 6.58. The number of anilines is 2. The summed E-state index contributed by atoms with van der Waals surface area (Å²) < 4.78 is 10.0. The van der Waals surface area contributed by atoms with E-state index in [9.17, 15) is 4.79 Å². The van der Waals surface area contributed by atoms with Crippen LogP contribution in [-0.2, 0) is 9.47 Å². The van der Waals surface area contributed by atoms with Gasteiger partial charge in [0.25, 0.3) is 0 Å². The van der Waals surface area contributed by atoms with Crippen molar-refractivity contribution in [2.24, 2.45) is 0 Å². The second-order valence-corrected chi connectivity index (χ2v) is 4.79. The molecule has 21 heavy (non-hydrogen) atoms. The van der Waals surface area contributed by atoms with Gasteiger partial charge in [-0.2, -0.15) is 0 Å². The summed E-state index contributed by atoms with van der Waals surface area (Å²) in [6.45, 7) is 5.44. The molecule has 0 saturated heterocycles. The first-order chi connectivity index (χ1) is 10.1. The molecule has 0 atom stereocenters. The van der Waals surface area contributed by atoms with Crippen molar-refractivity contribution in [1.29, 1.82) is 0 Å². The number of nitrogens with zero attached hydrogens (tertiary/aromatic N) is 2. The summed E-state index contributed by atoms with van der Waals surface area (Å²) in [6.07, 6.45) is 3.46. The van der Waals surface area contributed by atoms with E-state index in [-0.39, 0.29) is 6.04 Å². The van der Waals surface area contributed by atoms with Gasteiger partial charge in [-0.3, -0.25) is 0 Å². The van der Waals surface area contributed by atoms with Gasteiger partial charge in [-0.25, -0.2) is 9.78 Å². The molecule has 0 aliphatic carbocycles. The molecule has 0 spiro atoms. The van der Waals surface area contributed by atoms with E-state index in [1.54, 1.807) is 19.4 Å². The first kappa shape index (κ1) is 17.2. The highest BCUT2D eigenvalue weighted by Gasteiger charge is 2.23. The molecule has 0 aromatic carbocycles. The molecule has 0 radical (unpaired) electrons. The fourth-order valence-corrected chi connectivity index (χ4v) is 2.34. The molecule has 1 rings (SSSR count). The van der Waals surface area contributed by atoms with Gasteiger partial charge in [-0.05, 0) is 18.9 Å². The van der Waals surface area contributed by atoms with Crippen molar-refractivity contribution in [3.05, 3.63) is 17.8 Å². The fraction of sp³-hybridized carbons (Fsp3) is 0.600. The first-order valence-corrected chi connectivity index (χ1v) is 7.18. The molecular formula is C15H25N3O3. The minimum absolute atomic E-state index is 0.277. The van der Waals surface area contributed by atoms with Crippen LogP contribution in [0, 0.1) is 0 Å². The quantitative estimate of drug-likeness (QED) is 0.740. The second kappa shape index (κ2) is 8.46. The number of hydrogen-bond donors (Lipinski definition) is 1. The predicted octanol–water partition coefficient (Wildman–Crippen LogP) is 2.09. The number of nitrogen functional groups attached to an aromatic ring is 1. The van der Waals surface area contributed by atoms with E-state index in [1.165, 1.54) is 7.11 Å². The van der Waals surface area contributed by atoms with Crippen LogP contribution in [0.25, 0.3) is 0 Å². The van der Waals surface area contributed by atoms with Crippen LogP contribution in [-0.4, -0.2) is 44.4 Å². The molecule has 2 N–H and O–H groups in total. The predicted molar refractivity (Wildman–Crippen MR) is 83.6 cm³/mol. The number of hydrogen-bond acceptors (Lipinski definition) is 6. The zero-order valence-electron chi connectivity index (χ0n) is 13.3. The molecule has 6 nitrogen and oxygen atoms in total. The molecule has 1 aromatic rings. The van der Waals surface area contributed by atoms with Crippen LogP contribution in [0.1, 0.15) is 37.0 Å². The smallest absolute Gasteiger partial charge is 0.341 e. The van der Waals surface area contributed by atoms with Crippen LogP contribution in [0.2, 0.25) is 0 Å². The Labute approximate surface area is 126 Å². The molecule has 0 amide bonds. The maximum absolute atomic E-state index is 12.0. The van der Waals surface area contributed by atoms with E-state index >= 15 is 0 Å². The normalized spacial score (nSPS) is 10.7. The van der Waals surface area contributed by atoms with Crippen LogP contribution in [0.4, 0.5) is 11.5 Å². The van der Waals surface area contributed by atoms with Gasteiger partial charge >= 0.3 is 5.97 Å². The zero-order chi connectivity index (χ0) is 15.8. The van der Waals surface area contributed by atoms with E-state index in [0.29, 0.717) is 30.2 Å². The molecule has 0 aliphatic heterocycles. The number of rotatable bonds is 8. The topological polar surface area (TPSA) is 77.7 Å². The molecule has 0 bridgehead atoms. The molecule has 6 heteroatoms. The standard InChI is InChI=1S/C15H25N3O3/c1-5-12(6-2)18(7-8-20-3)14-13(15(19)21-4)9-11(16)10-17-14/h9-10,12H,5-8,16H2,1-4H3. The van der Waals surface area contributed by atoms with E-state index in [0.717, 1.165) is 12.8 Å². The van der Waals surface area contributed by atoms with Gasteiger partial charge in [0, 0.05) is 19.7 Å². The number of pyridine rings is 1. The number of nitrogens with two attached hydrogens (primary N) is 1. The number of methoxy groups -OCH3 is 2. The first-order valence-electron chi connectivity index (χ1n) is 7.18. The maximum atomic E-state index is 12.0. The molecule has 0 saturated carbocycles. The number of carbonyl (C=O) groups excluding carboxylic acids is 1. The van der Waals surface area contributed by atoms with E-state index in [2.05, 4.69) is 23.7 Å².